The van der Waals surface area contributed by atoms with Gasteiger partial charge in [0.25, 0.3) is 0 Å². The molecule has 0 amide bonds. The van der Waals surface area contributed by atoms with Crippen molar-refractivity contribution in [3.05, 3.63) is 17.0 Å². The molecule has 1 saturated carbocycles. The number of hydrogen-bond donors (Lipinski definition) is 2. The van der Waals surface area contributed by atoms with E-state index < -0.39 is 10.0 Å². The zero-order valence-electron chi connectivity index (χ0n) is 12.2. The molecule has 114 valence electrons. The third-order valence-electron chi connectivity index (χ3n) is 3.86. The SMILES string of the molecule is CNCCc1ccc(S(=O)(=O)NC2CCC(C)CC2)s1. The van der Waals surface area contributed by atoms with E-state index in [0.29, 0.717) is 4.21 Å². The number of thiophene rings is 1. The van der Waals surface area contributed by atoms with Gasteiger partial charge in [-0.1, -0.05) is 6.92 Å². The Morgan fingerprint density at radius 2 is 1.95 bits per heavy atom. The van der Waals surface area contributed by atoms with Crippen molar-refractivity contribution in [3.8, 4) is 0 Å². The Kier molecular flexibility index (Phi) is 5.60. The summed E-state index contributed by atoms with van der Waals surface area (Å²) in [6.45, 7) is 3.10. The number of rotatable bonds is 6. The summed E-state index contributed by atoms with van der Waals surface area (Å²) in [4.78, 5) is 1.11. The minimum Gasteiger partial charge on any atom is -0.319 e. The molecule has 1 heterocycles. The Labute approximate surface area is 126 Å². The fourth-order valence-electron chi connectivity index (χ4n) is 2.54. The molecule has 0 unspecified atom stereocenters. The van der Waals surface area contributed by atoms with E-state index in [1.807, 2.05) is 13.1 Å². The van der Waals surface area contributed by atoms with Crippen molar-refractivity contribution in [2.75, 3.05) is 13.6 Å². The Balaban J connectivity index is 1.97. The van der Waals surface area contributed by atoms with Gasteiger partial charge in [0.05, 0.1) is 0 Å². The molecular weight excluding hydrogens is 292 g/mol. The summed E-state index contributed by atoms with van der Waals surface area (Å²) >= 11 is 1.38. The van der Waals surface area contributed by atoms with Crippen molar-refractivity contribution in [1.29, 1.82) is 0 Å². The predicted octanol–water partition coefficient (Wildman–Crippen LogP) is 2.37. The standard InChI is InChI=1S/C14H24N2O2S2/c1-11-3-5-12(6-4-11)16-20(17,18)14-8-7-13(19-14)9-10-15-2/h7-8,11-12,15-16H,3-6,9-10H2,1-2H3. The quantitative estimate of drug-likeness (QED) is 0.847. The van der Waals surface area contributed by atoms with Crippen molar-refractivity contribution in [1.82, 2.24) is 10.0 Å². The minimum absolute atomic E-state index is 0.110. The topological polar surface area (TPSA) is 58.2 Å². The number of sulfonamides is 1. The maximum Gasteiger partial charge on any atom is 0.250 e. The van der Waals surface area contributed by atoms with Crippen LogP contribution in [0.3, 0.4) is 0 Å². The molecule has 2 rings (SSSR count). The third kappa shape index (κ3) is 4.28. The Morgan fingerprint density at radius 3 is 2.60 bits per heavy atom. The maximum absolute atomic E-state index is 12.4. The highest BCUT2D eigenvalue weighted by molar-refractivity contribution is 7.91. The van der Waals surface area contributed by atoms with Crippen molar-refractivity contribution >= 4 is 21.4 Å². The van der Waals surface area contributed by atoms with Crippen LogP contribution in [0, 0.1) is 5.92 Å². The molecule has 1 aromatic heterocycles. The molecular formula is C14H24N2O2S2. The van der Waals surface area contributed by atoms with Crippen LogP contribution in [-0.4, -0.2) is 28.1 Å². The second kappa shape index (κ2) is 7.02. The lowest BCUT2D eigenvalue weighted by molar-refractivity contribution is 0.332. The van der Waals surface area contributed by atoms with E-state index in [9.17, 15) is 8.42 Å². The van der Waals surface area contributed by atoms with Crippen LogP contribution in [-0.2, 0) is 16.4 Å². The Hall–Kier alpha value is -0.430. The Morgan fingerprint density at radius 1 is 1.25 bits per heavy atom. The van der Waals surface area contributed by atoms with E-state index in [1.54, 1.807) is 6.07 Å². The smallest absolute Gasteiger partial charge is 0.250 e. The molecule has 0 saturated heterocycles. The summed E-state index contributed by atoms with van der Waals surface area (Å²) in [7, 11) is -1.43. The molecule has 1 aliphatic rings. The monoisotopic (exact) mass is 316 g/mol. The molecule has 4 nitrogen and oxygen atoms in total. The van der Waals surface area contributed by atoms with Crippen LogP contribution >= 0.6 is 11.3 Å². The lowest BCUT2D eigenvalue weighted by Gasteiger charge is -2.26. The molecule has 0 spiro atoms. The first-order chi connectivity index (χ1) is 9.51. The van der Waals surface area contributed by atoms with Gasteiger partial charge in [0, 0.05) is 10.9 Å². The molecule has 1 aromatic rings. The first-order valence-corrected chi connectivity index (χ1v) is 9.57. The minimum atomic E-state index is -3.33. The highest BCUT2D eigenvalue weighted by Crippen LogP contribution is 2.26. The molecule has 20 heavy (non-hydrogen) atoms. The zero-order chi connectivity index (χ0) is 14.6. The summed E-state index contributed by atoms with van der Waals surface area (Å²) in [6, 6.07) is 3.75. The van der Waals surface area contributed by atoms with Gasteiger partial charge in [-0.05, 0) is 63.7 Å². The Bertz CT molecular complexity index is 517. The zero-order valence-corrected chi connectivity index (χ0v) is 13.8. The molecule has 0 radical (unpaired) electrons. The van der Waals surface area contributed by atoms with Crippen LogP contribution in [0.2, 0.25) is 0 Å². The summed E-state index contributed by atoms with van der Waals surface area (Å²) in [5.41, 5.74) is 0. The van der Waals surface area contributed by atoms with Gasteiger partial charge in [0.15, 0.2) is 0 Å². The van der Waals surface area contributed by atoms with Crippen LogP contribution in [0.4, 0.5) is 0 Å². The molecule has 0 aromatic carbocycles. The molecule has 2 N–H and O–H groups in total. The van der Waals surface area contributed by atoms with E-state index in [4.69, 9.17) is 0 Å². The summed E-state index contributed by atoms with van der Waals surface area (Å²) in [6.07, 6.45) is 5.02. The lowest BCUT2D eigenvalue weighted by atomic mass is 9.88. The normalized spacial score (nSPS) is 23.9. The molecule has 0 aliphatic heterocycles. The van der Waals surface area contributed by atoms with Crippen molar-refractivity contribution in [3.63, 3.8) is 0 Å². The van der Waals surface area contributed by atoms with Crippen LogP contribution in [0.15, 0.2) is 16.3 Å². The first-order valence-electron chi connectivity index (χ1n) is 7.27. The second-order valence-electron chi connectivity index (χ2n) is 5.65. The third-order valence-corrected chi connectivity index (χ3v) is 7.02. The van der Waals surface area contributed by atoms with E-state index in [-0.39, 0.29) is 6.04 Å². The number of likely N-dealkylation sites (N-methyl/N-ethyl adjacent to an activating group) is 1. The van der Waals surface area contributed by atoms with Gasteiger partial charge in [-0.2, -0.15) is 0 Å². The second-order valence-corrected chi connectivity index (χ2v) is 8.76. The highest BCUT2D eigenvalue weighted by atomic mass is 32.2. The van der Waals surface area contributed by atoms with Crippen molar-refractivity contribution < 1.29 is 8.42 Å². The van der Waals surface area contributed by atoms with Crippen LogP contribution in [0.5, 0.6) is 0 Å². The highest BCUT2D eigenvalue weighted by Gasteiger charge is 2.25. The van der Waals surface area contributed by atoms with Gasteiger partial charge in [-0.25, -0.2) is 13.1 Å². The largest absolute Gasteiger partial charge is 0.319 e. The van der Waals surface area contributed by atoms with Gasteiger partial charge in [-0.3, -0.25) is 0 Å². The molecule has 1 aliphatic carbocycles. The van der Waals surface area contributed by atoms with Gasteiger partial charge >= 0.3 is 0 Å². The lowest BCUT2D eigenvalue weighted by Crippen LogP contribution is -2.36. The molecule has 6 heteroatoms. The van der Waals surface area contributed by atoms with Gasteiger partial charge in [0.1, 0.15) is 4.21 Å². The summed E-state index contributed by atoms with van der Waals surface area (Å²) in [5, 5.41) is 3.08. The van der Waals surface area contributed by atoms with Gasteiger partial charge < -0.3 is 5.32 Å². The fourth-order valence-corrected chi connectivity index (χ4v) is 5.22. The summed E-state index contributed by atoms with van der Waals surface area (Å²) < 4.78 is 28.0. The first kappa shape index (κ1) is 15.9. The molecule has 0 atom stereocenters. The maximum atomic E-state index is 12.4. The van der Waals surface area contributed by atoms with Crippen molar-refractivity contribution in [2.45, 2.75) is 49.3 Å². The fraction of sp³-hybridized carbons (Fsp3) is 0.714. The van der Waals surface area contributed by atoms with Crippen LogP contribution in [0.1, 0.15) is 37.5 Å². The van der Waals surface area contributed by atoms with Crippen LogP contribution < -0.4 is 10.0 Å². The molecule has 1 fully saturated rings. The average Bonchev–Trinajstić information content (AvgIpc) is 2.88. The van der Waals surface area contributed by atoms with Gasteiger partial charge in [-0.15, -0.1) is 11.3 Å². The molecule has 0 bridgehead atoms. The number of nitrogens with one attached hydrogen (secondary N) is 2. The van der Waals surface area contributed by atoms with E-state index in [1.165, 1.54) is 11.3 Å². The van der Waals surface area contributed by atoms with Crippen LogP contribution in [0.25, 0.3) is 0 Å². The van der Waals surface area contributed by atoms with E-state index >= 15 is 0 Å². The van der Waals surface area contributed by atoms with E-state index in [0.717, 1.165) is 49.4 Å². The predicted molar refractivity (Wildman–Crippen MR) is 83.7 cm³/mol. The number of hydrogen-bond acceptors (Lipinski definition) is 4. The summed E-state index contributed by atoms with van der Waals surface area (Å²) in [5.74, 6) is 0.727. The average molecular weight is 316 g/mol. The van der Waals surface area contributed by atoms with Gasteiger partial charge in [0.2, 0.25) is 10.0 Å². The van der Waals surface area contributed by atoms with Crippen molar-refractivity contribution in [2.24, 2.45) is 5.92 Å². The van der Waals surface area contributed by atoms with E-state index in [2.05, 4.69) is 17.0 Å².